The molecule has 2 unspecified atom stereocenters. The summed E-state index contributed by atoms with van der Waals surface area (Å²) in [5.74, 6) is 0. The van der Waals surface area contributed by atoms with E-state index < -0.39 is 0 Å². The number of nitrogens with one attached hydrogen (secondary N) is 1. The second-order valence-corrected chi connectivity index (χ2v) is 5.51. The first-order chi connectivity index (χ1) is 7.79. The fraction of sp³-hybridized carbons (Fsp3) is 1.00. The standard InChI is InChI=1S/C13H26N2O/c1-3-12-5-4-7-15(12)10-13(9-14-2)6-8-16-11-13/h12,14H,3-11H2,1-2H3. The molecule has 0 aliphatic carbocycles. The largest absolute Gasteiger partial charge is 0.381 e. The average Bonchev–Trinajstić information content (AvgIpc) is 2.89. The van der Waals surface area contributed by atoms with Gasteiger partial charge in [0.15, 0.2) is 0 Å². The Hall–Kier alpha value is -0.120. The van der Waals surface area contributed by atoms with Gasteiger partial charge in [-0.2, -0.15) is 0 Å². The maximum absolute atomic E-state index is 5.63. The summed E-state index contributed by atoms with van der Waals surface area (Å²) in [6, 6.07) is 0.828. The first-order valence-electron chi connectivity index (χ1n) is 6.76. The Morgan fingerprint density at radius 3 is 3.00 bits per heavy atom. The van der Waals surface area contributed by atoms with Crippen molar-refractivity contribution in [2.75, 3.05) is 39.9 Å². The summed E-state index contributed by atoms with van der Waals surface area (Å²) < 4.78 is 5.63. The first-order valence-corrected chi connectivity index (χ1v) is 6.76. The zero-order valence-electron chi connectivity index (χ0n) is 10.8. The zero-order chi connectivity index (χ0) is 11.4. The number of rotatable bonds is 5. The van der Waals surface area contributed by atoms with E-state index in [1.165, 1.54) is 38.8 Å². The molecule has 2 atom stereocenters. The molecular formula is C13H26N2O. The number of hydrogen-bond acceptors (Lipinski definition) is 3. The average molecular weight is 226 g/mol. The normalized spacial score (nSPS) is 36.0. The lowest BCUT2D eigenvalue weighted by Gasteiger charge is -2.35. The molecule has 2 aliphatic heterocycles. The van der Waals surface area contributed by atoms with E-state index >= 15 is 0 Å². The minimum Gasteiger partial charge on any atom is -0.381 e. The summed E-state index contributed by atoms with van der Waals surface area (Å²) in [6.07, 6.45) is 5.30. The smallest absolute Gasteiger partial charge is 0.0547 e. The van der Waals surface area contributed by atoms with Crippen molar-refractivity contribution in [1.29, 1.82) is 0 Å². The highest BCUT2D eigenvalue weighted by Crippen LogP contribution is 2.32. The molecule has 2 saturated heterocycles. The highest BCUT2D eigenvalue weighted by Gasteiger charge is 2.38. The number of nitrogens with zero attached hydrogens (tertiary/aromatic N) is 1. The maximum Gasteiger partial charge on any atom is 0.0547 e. The lowest BCUT2D eigenvalue weighted by molar-refractivity contribution is 0.103. The molecule has 2 aliphatic rings. The molecule has 3 heteroatoms. The third kappa shape index (κ3) is 2.58. The molecule has 0 saturated carbocycles. The van der Waals surface area contributed by atoms with Gasteiger partial charge in [-0.25, -0.2) is 0 Å². The molecule has 0 radical (unpaired) electrons. The van der Waals surface area contributed by atoms with E-state index in [0.29, 0.717) is 5.41 Å². The third-order valence-electron chi connectivity index (χ3n) is 4.25. The molecule has 1 N–H and O–H groups in total. The van der Waals surface area contributed by atoms with E-state index in [1.54, 1.807) is 0 Å². The van der Waals surface area contributed by atoms with E-state index in [9.17, 15) is 0 Å². The van der Waals surface area contributed by atoms with Crippen LogP contribution < -0.4 is 5.32 Å². The molecule has 2 fully saturated rings. The van der Waals surface area contributed by atoms with Gasteiger partial charge in [0.25, 0.3) is 0 Å². The van der Waals surface area contributed by atoms with Crippen LogP contribution in [0, 0.1) is 5.41 Å². The summed E-state index contributed by atoms with van der Waals surface area (Å²) in [5.41, 5.74) is 0.381. The van der Waals surface area contributed by atoms with E-state index in [2.05, 4.69) is 24.2 Å². The quantitative estimate of drug-likeness (QED) is 0.768. The van der Waals surface area contributed by atoms with Crippen LogP contribution in [0.2, 0.25) is 0 Å². The summed E-state index contributed by atoms with van der Waals surface area (Å²) in [7, 11) is 2.06. The van der Waals surface area contributed by atoms with E-state index in [0.717, 1.165) is 25.8 Å². The van der Waals surface area contributed by atoms with Crippen LogP contribution in [0.15, 0.2) is 0 Å². The van der Waals surface area contributed by atoms with Crippen molar-refractivity contribution >= 4 is 0 Å². The molecular weight excluding hydrogens is 200 g/mol. The van der Waals surface area contributed by atoms with Crippen LogP contribution in [0.25, 0.3) is 0 Å². The Morgan fingerprint density at radius 1 is 1.50 bits per heavy atom. The Balaban J connectivity index is 1.94. The van der Waals surface area contributed by atoms with E-state index in [4.69, 9.17) is 4.74 Å². The summed E-state index contributed by atoms with van der Waals surface area (Å²) in [4.78, 5) is 2.70. The van der Waals surface area contributed by atoms with Gasteiger partial charge in [0.2, 0.25) is 0 Å². The molecule has 94 valence electrons. The molecule has 0 spiro atoms. The van der Waals surface area contributed by atoms with Crippen molar-refractivity contribution < 1.29 is 4.74 Å². The van der Waals surface area contributed by atoms with E-state index in [-0.39, 0.29) is 0 Å². The van der Waals surface area contributed by atoms with Crippen LogP contribution in [0.3, 0.4) is 0 Å². The Morgan fingerprint density at radius 2 is 2.38 bits per heavy atom. The minimum atomic E-state index is 0.381. The van der Waals surface area contributed by atoms with Crippen molar-refractivity contribution in [2.24, 2.45) is 5.41 Å². The summed E-state index contributed by atoms with van der Waals surface area (Å²) in [6.45, 7) is 7.84. The molecule has 16 heavy (non-hydrogen) atoms. The van der Waals surface area contributed by atoms with Crippen molar-refractivity contribution in [3.8, 4) is 0 Å². The second-order valence-electron chi connectivity index (χ2n) is 5.51. The van der Waals surface area contributed by atoms with Crippen molar-refractivity contribution in [3.05, 3.63) is 0 Å². The zero-order valence-corrected chi connectivity index (χ0v) is 10.8. The van der Waals surface area contributed by atoms with Crippen LogP contribution in [-0.4, -0.2) is 50.8 Å². The lowest BCUT2D eigenvalue weighted by atomic mass is 9.86. The van der Waals surface area contributed by atoms with Crippen LogP contribution in [0.5, 0.6) is 0 Å². The van der Waals surface area contributed by atoms with Crippen LogP contribution in [-0.2, 0) is 4.74 Å². The fourth-order valence-electron chi connectivity index (χ4n) is 3.34. The molecule has 0 aromatic carbocycles. The van der Waals surface area contributed by atoms with Crippen LogP contribution >= 0.6 is 0 Å². The highest BCUT2D eigenvalue weighted by atomic mass is 16.5. The predicted octanol–water partition coefficient (Wildman–Crippen LogP) is 1.49. The van der Waals surface area contributed by atoms with Gasteiger partial charge >= 0.3 is 0 Å². The van der Waals surface area contributed by atoms with Gasteiger partial charge in [-0.15, -0.1) is 0 Å². The minimum absolute atomic E-state index is 0.381. The topological polar surface area (TPSA) is 24.5 Å². The molecule has 3 nitrogen and oxygen atoms in total. The second kappa shape index (κ2) is 5.48. The highest BCUT2D eigenvalue weighted by molar-refractivity contribution is 4.91. The van der Waals surface area contributed by atoms with Crippen LogP contribution in [0.1, 0.15) is 32.6 Å². The maximum atomic E-state index is 5.63. The molecule has 2 heterocycles. The summed E-state index contributed by atoms with van der Waals surface area (Å²) >= 11 is 0. The predicted molar refractivity (Wildman–Crippen MR) is 66.7 cm³/mol. The van der Waals surface area contributed by atoms with E-state index in [1.807, 2.05) is 0 Å². The molecule has 2 rings (SSSR count). The number of likely N-dealkylation sites (tertiary alicyclic amines) is 1. The SMILES string of the molecule is CCC1CCCN1CC1(CNC)CCOC1. The van der Waals surface area contributed by atoms with Crippen molar-refractivity contribution in [1.82, 2.24) is 10.2 Å². The fourth-order valence-corrected chi connectivity index (χ4v) is 3.34. The molecule has 0 aromatic heterocycles. The molecule has 0 amide bonds. The Labute approximate surface area is 99.5 Å². The molecule has 0 bridgehead atoms. The van der Waals surface area contributed by atoms with Gasteiger partial charge in [-0.05, 0) is 39.3 Å². The van der Waals surface area contributed by atoms with Gasteiger partial charge in [-0.1, -0.05) is 6.92 Å². The Kier molecular flexibility index (Phi) is 4.22. The van der Waals surface area contributed by atoms with Gasteiger partial charge < -0.3 is 10.1 Å². The number of hydrogen-bond donors (Lipinski definition) is 1. The van der Waals surface area contributed by atoms with Crippen molar-refractivity contribution in [3.63, 3.8) is 0 Å². The van der Waals surface area contributed by atoms with Gasteiger partial charge in [0.05, 0.1) is 6.61 Å². The lowest BCUT2D eigenvalue weighted by Crippen LogP contribution is -2.45. The molecule has 0 aromatic rings. The Bertz CT molecular complexity index is 214. The van der Waals surface area contributed by atoms with Gasteiger partial charge in [0, 0.05) is 31.2 Å². The first kappa shape index (κ1) is 12.3. The monoisotopic (exact) mass is 226 g/mol. The summed E-state index contributed by atoms with van der Waals surface area (Å²) in [5, 5.41) is 3.35. The third-order valence-corrected chi connectivity index (χ3v) is 4.25. The van der Waals surface area contributed by atoms with Crippen molar-refractivity contribution in [2.45, 2.75) is 38.6 Å². The number of ether oxygens (including phenoxy) is 1. The van der Waals surface area contributed by atoms with Gasteiger partial charge in [0.1, 0.15) is 0 Å². The van der Waals surface area contributed by atoms with Crippen LogP contribution in [0.4, 0.5) is 0 Å². The van der Waals surface area contributed by atoms with Gasteiger partial charge in [-0.3, -0.25) is 4.90 Å².